The molecule has 0 bridgehead atoms. The third-order valence-corrected chi connectivity index (χ3v) is 7.27. The number of carbonyl (C=O) groups is 1. The molecule has 0 radical (unpaired) electrons. The Bertz CT molecular complexity index is 802. The van der Waals surface area contributed by atoms with Crippen LogP contribution in [0.5, 0.6) is 0 Å². The molecular weight excluding hydrogens is 437 g/mol. The maximum atomic E-state index is 12.5. The zero-order chi connectivity index (χ0) is 21.2. The standard InChI is InChI=1S/C20H32ClN3O3S.K.H/c1-7-14(6)24-10-16(11-24)28(26,27)23-20(25)22-19-17(12(2)3)8-15(21)9-18(19)13(4)5;;/h8-9,12-14,16H,7,10-11H2,1-6H3,(H2,22,23,25);;/q;+1;-1. The Morgan fingerprint density at radius 3 is 2.07 bits per heavy atom. The van der Waals surface area contributed by atoms with Crippen LogP contribution < -0.4 is 61.4 Å². The van der Waals surface area contributed by atoms with Crippen molar-refractivity contribution in [3.05, 3.63) is 28.3 Å². The van der Waals surface area contributed by atoms with Crippen LogP contribution >= 0.6 is 11.6 Å². The van der Waals surface area contributed by atoms with Gasteiger partial charge in [-0.25, -0.2) is 17.9 Å². The summed E-state index contributed by atoms with van der Waals surface area (Å²) in [7, 11) is -3.72. The Balaban J connectivity index is 0.00000420. The predicted molar refractivity (Wildman–Crippen MR) is 117 cm³/mol. The van der Waals surface area contributed by atoms with E-state index in [0.29, 0.717) is 29.8 Å². The molecule has 160 valence electrons. The molecule has 0 aromatic heterocycles. The summed E-state index contributed by atoms with van der Waals surface area (Å²) >= 11 is 6.24. The number of nitrogens with one attached hydrogen (secondary N) is 2. The minimum absolute atomic E-state index is 0. The number of urea groups is 1. The van der Waals surface area contributed by atoms with E-state index in [0.717, 1.165) is 17.5 Å². The van der Waals surface area contributed by atoms with Gasteiger partial charge < -0.3 is 6.74 Å². The Morgan fingerprint density at radius 1 is 1.17 bits per heavy atom. The molecule has 1 heterocycles. The first kappa shape index (κ1) is 27.4. The average molecular weight is 470 g/mol. The molecule has 2 N–H and O–H groups in total. The number of nitrogens with zero attached hydrogens (tertiary/aromatic N) is 1. The monoisotopic (exact) mass is 469 g/mol. The van der Waals surface area contributed by atoms with E-state index in [9.17, 15) is 13.2 Å². The smallest absolute Gasteiger partial charge is 1.00 e. The van der Waals surface area contributed by atoms with Gasteiger partial charge in [0.1, 0.15) is 5.25 Å². The molecule has 9 heteroatoms. The second-order valence-electron chi connectivity index (χ2n) is 8.20. The Labute approximate surface area is 224 Å². The van der Waals surface area contributed by atoms with Crippen LogP contribution in [0.4, 0.5) is 10.5 Å². The largest absolute Gasteiger partial charge is 1.00 e. The van der Waals surface area contributed by atoms with Crippen LogP contribution in [0.15, 0.2) is 12.1 Å². The summed E-state index contributed by atoms with van der Waals surface area (Å²) in [4.78, 5) is 14.6. The van der Waals surface area contributed by atoms with E-state index in [1.807, 2.05) is 39.8 Å². The summed E-state index contributed by atoms with van der Waals surface area (Å²) in [6.45, 7) is 13.1. The van der Waals surface area contributed by atoms with Crippen molar-refractivity contribution >= 4 is 33.3 Å². The fourth-order valence-electron chi connectivity index (χ4n) is 3.34. The number of sulfonamides is 1. The van der Waals surface area contributed by atoms with Gasteiger partial charge in [0, 0.05) is 29.8 Å². The number of hydrogen-bond donors (Lipinski definition) is 2. The summed E-state index contributed by atoms with van der Waals surface area (Å²) in [5.74, 6) is 0.248. The van der Waals surface area contributed by atoms with Crippen LogP contribution in [-0.4, -0.2) is 43.7 Å². The molecule has 1 saturated heterocycles. The van der Waals surface area contributed by atoms with Crippen molar-refractivity contribution in [3.63, 3.8) is 0 Å². The van der Waals surface area contributed by atoms with Crippen molar-refractivity contribution in [2.75, 3.05) is 18.4 Å². The fraction of sp³-hybridized carbons (Fsp3) is 0.650. The average Bonchev–Trinajstić information content (AvgIpc) is 2.52. The zero-order valence-corrected chi connectivity index (χ0v) is 23.2. The van der Waals surface area contributed by atoms with Crippen molar-refractivity contribution in [3.8, 4) is 0 Å². The molecule has 0 aliphatic carbocycles. The summed E-state index contributed by atoms with van der Waals surface area (Å²) in [5, 5.41) is 2.81. The van der Waals surface area contributed by atoms with Crippen molar-refractivity contribution in [2.45, 2.75) is 71.1 Å². The summed E-state index contributed by atoms with van der Waals surface area (Å²) in [5.41, 5.74) is 2.41. The molecule has 1 atom stereocenters. The van der Waals surface area contributed by atoms with Crippen LogP contribution in [0.2, 0.25) is 5.02 Å². The predicted octanol–water partition coefficient (Wildman–Crippen LogP) is 1.64. The van der Waals surface area contributed by atoms with Gasteiger partial charge in [0.2, 0.25) is 10.0 Å². The molecule has 6 nitrogen and oxygen atoms in total. The van der Waals surface area contributed by atoms with E-state index >= 15 is 0 Å². The number of amides is 2. The molecule has 29 heavy (non-hydrogen) atoms. The van der Waals surface area contributed by atoms with E-state index in [1.165, 1.54) is 0 Å². The third-order valence-electron chi connectivity index (χ3n) is 5.41. The molecule has 1 aromatic rings. The van der Waals surface area contributed by atoms with E-state index in [2.05, 4.69) is 28.8 Å². The summed E-state index contributed by atoms with van der Waals surface area (Å²) in [6.07, 6.45) is 0.965. The van der Waals surface area contributed by atoms with Gasteiger partial charge in [-0.2, -0.15) is 0 Å². The number of halogens is 1. The van der Waals surface area contributed by atoms with Gasteiger partial charge in [0.25, 0.3) is 0 Å². The number of rotatable bonds is 7. The molecule has 1 fully saturated rings. The molecular formula is C20H33ClKN3O3S. The normalized spacial score (nSPS) is 16.3. The SMILES string of the molecule is CCC(C)N1CC(S(=O)(=O)NC(=O)Nc2c(C(C)C)cc(Cl)cc2C(C)C)C1.[H-].[K+]. The van der Waals surface area contributed by atoms with Crippen LogP contribution in [0.25, 0.3) is 0 Å². The first-order valence-corrected chi connectivity index (χ1v) is 11.8. The van der Waals surface area contributed by atoms with Crippen LogP contribution in [0.3, 0.4) is 0 Å². The minimum Gasteiger partial charge on any atom is -1.00 e. The van der Waals surface area contributed by atoms with Gasteiger partial charge in [-0.1, -0.05) is 46.2 Å². The third kappa shape index (κ3) is 6.90. The van der Waals surface area contributed by atoms with Gasteiger partial charge in [0.15, 0.2) is 0 Å². The van der Waals surface area contributed by atoms with Crippen molar-refractivity contribution in [1.82, 2.24) is 9.62 Å². The van der Waals surface area contributed by atoms with Crippen LogP contribution in [0.1, 0.15) is 72.4 Å². The Morgan fingerprint density at radius 2 is 1.66 bits per heavy atom. The summed E-state index contributed by atoms with van der Waals surface area (Å²) < 4.78 is 27.3. The summed E-state index contributed by atoms with van der Waals surface area (Å²) in [6, 6.07) is 3.25. The number of benzene rings is 1. The van der Waals surface area contributed by atoms with Crippen LogP contribution in [0, 0.1) is 0 Å². The van der Waals surface area contributed by atoms with Crippen molar-refractivity contribution < 1.29 is 66.0 Å². The van der Waals surface area contributed by atoms with E-state index < -0.39 is 21.3 Å². The molecule has 0 saturated carbocycles. The second kappa shape index (κ2) is 11.3. The first-order valence-electron chi connectivity index (χ1n) is 9.86. The number of anilines is 1. The van der Waals surface area contributed by atoms with Gasteiger partial charge >= 0.3 is 57.4 Å². The molecule has 1 unspecified atom stereocenters. The van der Waals surface area contributed by atoms with Crippen molar-refractivity contribution in [1.29, 1.82) is 0 Å². The van der Waals surface area contributed by atoms with Crippen molar-refractivity contribution in [2.24, 2.45) is 0 Å². The second-order valence-corrected chi connectivity index (χ2v) is 10.6. The number of carbonyl (C=O) groups excluding carboxylic acids is 1. The Hall–Kier alpha value is 0.326. The number of likely N-dealkylation sites (tertiary alicyclic amines) is 1. The molecule has 1 aliphatic heterocycles. The first-order chi connectivity index (χ1) is 13.0. The molecule has 1 aliphatic rings. The zero-order valence-electron chi connectivity index (χ0n) is 19.5. The van der Waals surface area contributed by atoms with E-state index in [-0.39, 0.29) is 64.6 Å². The molecule has 0 spiro atoms. The van der Waals surface area contributed by atoms with Gasteiger partial charge in [-0.05, 0) is 48.4 Å². The van der Waals surface area contributed by atoms with Gasteiger partial charge in [0.05, 0.1) is 0 Å². The Kier molecular flexibility index (Phi) is 10.6. The maximum absolute atomic E-state index is 12.5. The van der Waals surface area contributed by atoms with Gasteiger partial charge in [-0.15, -0.1) is 0 Å². The topological polar surface area (TPSA) is 78.5 Å². The number of hydrogen-bond acceptors (Lipinski definition) is 4. The maximum Gasteiger partial charge on any atom is 1.00 e. The molecule has 1 aromatic carbocycles. The van der Waals surface area contributed by atoms with E-state index in [1.54, 1.807) is 0 Å². The van der Waals surface area contributed by atoms with Gasteiger partial charge in [-0.3, -0.25) is 4.90 Å². The quantitative estimate of drug-likeness (QED) is 0.595. The molecule has 2 amide bonds. The molecule has 2 rings (SSSR count). The fourth-order valence-corrected chi connectivity index (χ4v) is 4.83. The van der Waals surface area contributed by atoms with Crippen LogP contribution in [-0.2, 0) is 10.0 Å². The van der Waals surface area contributed by atoms with E-state index in [4.69, 9.17) is 11.6 Å². The minimum atomic E-state index is -3.72.